The summed E-state index contributed by atoms with van der Waals surface area (Å²) in [6.07, 6.45) is 5.78. The van der Waals surface area contributed by atoms with Gasteiger partial charge >= 0.3 is 0 Å². The average Bonchev–Trinajstić information content (AvgIpc) is 2.77. The molecule has 164 valence electrons. The first-order chi connectivity index (χ1) is 14.9. The van der Waals surface area contributed by atoms with Crippen molar-refractivity contribution in [2.24, 2.45) is 0 Å². The topological polar surface area (TPSA) is 118 Å². The van der Waals surface area contributed by atoms with E-state index in [0.717, 1.165) is 12.8 Å². The second-order valence-corrected chi connectivity index (χ2v) is 8.79. The first-order valence-electron chi connectivity index (χ1n) is 10.00. The Morgan fingerprint density at radius 2 is 1.74 bits per heavy atom. The van der Waals surface area contributed by atoms with Crippen LogP contribution >= 0.6 is 0 Å². The van der Waals surface area contributed by atoms with Crippen molar-refractivity contribution in [3.8, 4) is 22.4 Å². The van der Waals surface area contributed by atoms with Gasteiger partial charge in [-0.3, -0.25) is 4.98 Å². The first-order valence-corrected chi connectivity index (χ1v) is 11.5. The van der Waals surface area contributed by atoms with Gasteiger partial charge in [0.25, 0.3) is 0 Å². The molecule has 0 spiro atoms. The minimum absolute atomic E-state index is 0.0878. The molecule has 0 fully saturated rings. The maximum absolute atomic E-state index is 14.8. The fourth-order valence-corrected chi connectivity index (χ4v) is 4.48. The molecule has 0 saturated heterocycles. The van der Waals surface area contributed by atoms with Gasteiger partial charge in [0.1, 0.15) is 11.6 Å². The molecule has 0 radical (unpaired) electrons. The number of nitrogens with two attached hydrogens (primary N) is 1. The largest absolute Gasteiger partial charge is 0.396 e. The molecule has 0 atom stereocenters. The summed E-state index contributed by atoms with van der Waals surface area (Å²) in [7, 11) is -3.77. The maximum atomic E-state index is 14.8. The summed E-state index contributed by atoms with van der Waals surface area (Å²) in [6, 6.07) is 11.0. The van der Waals surface area contributed by atoms with Crippen molar-refractivity contribution in [2.45, 2.75) is 30.6 Å². The minimum atomic E-state index is -3.77. The Bertz CT molecular complexity index is 1120. The van der Waals surface area contributed by atoms with Crippen molar-refractivity contribution < 1.29 is 17.9 Å². The molecule has 0 aliphatic rings. The quantitative estimate of drug-likeness (QED) is 0.413. The zero-order valence-corrected chi connectivity index (χ0v) is 17.8. The standard InChI is InChI=1S/C22H25FN4O3S/c23-19-13-16(9-10-18(19)20-14-26-22(24)15-25-20)17-7-3-4-8-21(17)31(29,30)27-11-5-1-2-6-12-28/h3-4,7-10,13-15,27-28H,1-2,5-6,11-12H2,(H2,24,26). The zero-order chi connectivity index (χ0) is 22.3. The van der Waals surface area contributed by atoms with Gasteiger partial charge in [0, 0.05) is 24.3 Å². The SMILES string of the molecule is Nc1cnc(-c2ccc(-c3ccccc3S(=O)(=O)NCCCCCCO)cc2F)cn1. The van der Waals surface area contributed by atoms with E-state index in [1.54, 1.807) is 30.3 Å². The molecule has 0 saturated carbocycles. The van der Waals surface area contributed by atoms with Crippen molar-refractivity contribution in [3.63, 3.8) is 0 Å². The number of nitrogens with zero attached hydrogens (tertiary/aromatic N) is 2. The molecule has 0 amide bonds. The molecule has 0 aliphatic carbocycles. The van der Waals surface area contributed by atoms with Gasteiger partial charge in [0.15, 0.2) is 0 Å². The minimum Gasteiger partial charge on any atom is -0.396 e. The number of anilines is 1. The predicted octanol–water partition coefficient (Wildman–Crippen LogP) is 3.36. The van der Waals surface area contributed by atoms with E-state index in [-0.39, 0.29) is 22.9 Å². The predicted molar refractivity (Wildman–Crippen MR) is 118 cm³/mol. The lowest BCUT2D eigenvalue weighted by Crippen LogP contribution is -2.25. The molecule has 0 bridgehead atoms. The fourth-order valence-electron chi connectivity index (χ4n) is 3.18. The van der Waals surface area contributed by atoms with Crippen LogP contribution in [0.25, 0.3) is 22.4 Å². The molecular weight excluding hydrogens is 419 g/mol. The number of nitrogens with one attached hydrogen (secondary N) is 1. The summed E-state index contributed by atoms with van der Waals surface area (Å²) in [5, 5.41) is 8.80. The third-order valence-electron chi connectivity index (χ3n) is 4.78. The van der Waals surface area contributed by atoms with E-state index in [4.69, 9.17) is 10.8 Å². The van der Waals surface area contributed by atoms with E-state index in [1.165, 1.54) is 24.5 Å². The Hall–Kier alpha value is -2.88. The molecule has 1 heterocycles. The number of aromatic nitrogens is 2. The Morgan fingerprint density at radius 3 is 2.45 bits per heavy atom. The van der Waals surface area contributed by atoms with E-state index >= 15 is 0 Å². The summed E-state index contributed by atoms with van der Waals surface area (Å²) >= 11 is 0. The van der Waals surface area contributed by atoms with Gasteiger partial charge in [0.2, 0.25) is 10.0 Å². The number of benzene rings is 2. The molecule has 3 aromatic rings. The van der Waals surface area contributed by atoms with Crippen molar-refractivity contribution >= 4 is 15.8 Å². The maximum Gasteiger partial charge on any atom is 0.241 e. The van der Waals surface area contributed by atoms with Crippen LogP contribution in [0.4, 0.5) is 10.2 Å². The number of hydrogen-bond acceptors (Lipinski definition) is 6. The number of aliphatic hydroxyl groups excluding tert-OH is 1. The average molecular weight is 445 g/mol. The third-order valence-corrected chi connectivity index (χ3v) is 6.30. The normalized spacial score (nSPS) is 11.5. The summed E-state index contributed by atoms with van der Waals surface area (Å²) in [4.78, 5) is 8.09. The Labute approximate surface area is 181 Å². The molecule has 1 aromatic heterocycles. The lowest BCUT2D eigenvalue weighted by atomic mass is 10.0. The van der Waals surface area contributed by atoms with Crippen LogP contribution in [-0.2, 0) is 10.0 Å². The molecule has 0 aliphatic heterocycles. The van der Waals surface area contributed by atoms with Gasteiger partial charge in [-0.15, -0.1) is 0 Å². The van der Waals surface area contributed by atoms with Crippen LogP contribution in [0, 0.1) is 5.82 Å². The third kappa shape index (κ3) is 5.84. The highest BCUT2D eigenvalue weighted by Crippen LogP contribution is 2.31. The number of halogens is 1. The van der Waals surface area contributed by atoms with Crippen LogP contribution in [0.2, 0.25) is 0 Å². The van der Waals surface area contributed by atoms with E-state index < -0.39 is 15.8 Å². The summed E-state index contributed by atoms with van der Waals surface area (Å²) in [5.41, 5.74) is 6.95. The number of sulfonamides is 1. The highest BCUT2D eigenvalue weighted by Gasteiger charge is 2.19. The zero-order valence-electron chi connectivity index (χ0n) is 17.0. The van der Waals surface area contributed by atoms with Gasteiger partial charge in [-0.25, -0.2) is 22.5 Å². The molecule has 7 nitrogen and oxygen atoms in total. The number of rotatable bonds is 10. The van der Waals surface area contributed by atoms with Gasteiger partial charge in [-0.2, -0.15) is 0 Å². The molecule has 0 unspecified atom stereocenters. The number of aliphatic hydroxyl groups is 1. The lowest BCUT2D eigenvalue weighted by molar-refractivity contribution is 0.282. The van der Waals surface area contributed by atoms with Crippen LogP contribution in [-0.4, -0.2) is 36.6 Å². The number of hydrogen-bond donors (Lipinski definition) is 3. The second-order valence-electron chi connectivity index (χ2n) is 7.05. The molecule has 3 rings (SSSR count). The van der Waals surface area contributed by atoms with E-state index in [9.17, 15) is 12.8 Å². The Morgan fingerprint density at radius 1 is 0.968 bits per heavy atom. The lowest BCUT2D eigenvalue weighted by Gasteiger charge is -2.13. The van der Waals surface area contributed by atoms with Crippen molar-refractivity contribution in [2.75, 3.05) is 18.9 Å². The highest BCUT2D eigenvalue weighted by molar-refractivity contribution is 7.89. The van der Waals surface area contributed by atoms with E-state index in [2.05, 4.69) is 14.7 Å². The molecule has 2 aromatic carbocycles. The van der Waals surface area contributed by atoms with Crippen LogP contribution in [0.1, 0.15) is 25.7 Å². The van der Waals surface area contributed by atoms with Gasteiger partial charge in [-0.05, 0) is 36.6 Å². The van der Waals surface area contributed by atoms with Crippen molar-refractivity contribution in [1.82, 2.24) is 14.7 Å². The molecule has 31 heavy (non-hydrogen) atoms. The number of unbranched alkanes of at least 4 members (excludes halogenated alkanes) is 3. The summed E-state index contributed by atoms with van der Waals surface area (Å²) < 4.78 is 43.1. The summed E-state index contributed by atoms with van der Waals surface area (Å²) in [5.74, 6) is -0.304. The van der Waals surface area contributed by atoms with Crippen LogP contribution in [0.5, 0.6) is 0 Å². The first kappa shape index (κ1) is 22.8. The summed E-state index contributed by atoms with van der Waals surface area (Å²) in [6.45, 7) is 0.435. The molecule has 4 N–H and O–H groups in total. The van der Waals surface area contributed by atoms with E-state index in [0.29, 0.717) is 36.2 Å². The van der Waals surface area contributed by atoms with Crippen molar-refractivity contribution in [1.29, 1.82) is 0 Å². The van der Waals surface area contributed by atoms with Crippen LogP contribution in [0.15, 0.2) is 59.8 Å². The smallest absolute Gasteiger partial charge is 0.241 e. The Balaban J connectivity index is 1.82. The van der Waals surface area contributed by atoms with E-state index in [1.807, 2.05) is 0 Å². The monoisotopic (exact) mass is 444 g/mol. The van der Waals surface area contributed by atoms with Crippen LogP contribution < -0.4 is 10.5 Å². The Kier molecular flexibility index (Phi) is 7.67. The highest BCUT2D eigenvalue weighted by atomic mass is 32.2. The molecular formula is C22H25FN4O3S. The molecule has 9 heteroatoms. The fraction of sp³-hybridized carbons (Fsp3) is 0.273. The van der Waals surface area contributed by atoms with Crippen molar-refractivity contribution in [3.05, 3.63) is 60.7 Å². The number of nitrogen functional groups attached to an aromatic ring is 1. The second kappa shape index (κ2) is 10.4. The van der Waals surface area contributed by atoms with Gasteiger partial charge in [-0.1, -0.05) is 37.1 Å². The van der Waals surface area contributed by atoms with Gasteiger partial charge < -0.3 is 10.8 Å². The van der Waals surface area contributed by atoms with Crippen LogP contribution in [0.3, 0.4) is 0 Å². The van der Waals surface area contributed by atoms with Gasteiger partial charge in [0.05, 0.1) is 23.0 Å².